The first-order chi connectivity index (χ1) is 13.3. The zero-order chi connectivity index (χ0) is 21.7. The summed E-state index contributed by atoms with van der Waals surface area (Å²) in [6.07, 6.45) is -5.13. The lowest BCUT2D eigenvalue weighted by molar-refractivity contribution is -0.145. The average molecular weight is 427 g/mol. The van der Waals surface area contributed by atoms with Crippen LogP contribution in [0.4, 0.5) is 13.2 Å². The maximum absolute atomic E-state index is 13.6. The van der Waals surface area contributed by atoms with Crippen molar-refractivity contribution in [2.24, 2.45) is 0 Å². The van der Waals surface area contributed by atoms with E-state index in [1.807, 2.05) is 0 Å². The molecule has 0 fully saturated rings. The molecule has 0 aliphatic carbocycles. The third-order valence-corrected chi connectivity index (χ3v) is 5.88. The van der Waals surface area contributed by atoms with Crippen LogP contribution >= 0.6 is 0 Å². The van der Waals surface area contributed by atoms with Crippen molar-refractivity contribution < 1.29 is 31.5 Å². The number of carbonyl (C=O) groups is 1. The van der Waals surface area contributed by atoms with E-state index in [0.717, 1.165) is 17.0 Å². The molecule has 29 heavy (non-hydrogen) atoms. The molecule has 11 heteroatoms. The van der Waals surface area contributed by atoms with E-state index in [2.05, 4.69) is 4.98 Å². The number of imidazole rings is 1. The number of amides is 1. The van der Waals surface area contributed by atoms with E-state index in [-0.39, 0.29) is 9.54 Å². The van der Waals surface area contributed by atoms with Gasteiger partial charge in [0, 0.05) is 19.7 Å². The second kappa shape index (κ2) is 6.76. The summed E-state index contributed by atoms with van der Waals surface area (Å²) in [4.78, 5) is 16.3. The number of rotatable bonds is 3. The Bertz CT molecular complexity index is 1210. The van der Waals surface area contributed by atoms with Gasteiger partial charge in [0.25, 0.3) is 15.9 Å². The monoisotopic (exact) mass is 427 g/mol. The lowest BCUT2D eigenvalue weighted by Gasteiger charge is -2.14. The maximum atomic E-state index is 13.6. The standard InChI is InChI=1S/C18H16F3N3O4S/c1-10-4-6-12(7-5-10)29(27,28)24-13-8-11(16(26)23(2)3)9-14(25)15(13)22-17(24)18(19,20)21/h4-9,25H,1-3H3. The molecule has 1 N–H and O–H groups in total. The minimum Gasteiger partial charge on any atom is -0.506 e. The molecule has 0 aliphatic heterocycles. The van der Waals surface area contributed by atoms with Crippen LogP contribution < -0.4 is 0 Å². The lowest BCUT2D eigenvalue weighted by atomic mass is 10.1. The summed E-state index contributed by atoms with van der Waals surface area (Å²) in [6, 6.07) is 7.14. The van der Waals surface area contributed by atoms with E-state index in [9.17, 15) is 31.5 Å². The number of hydrogen-bond donors (Lipinski definition) is 1. The van der Waals surface area contributed by atoms with Crippen LogP contribution in [0.5, 0.6) is 5.75 Å². The first-order valence-corrected chi connectivity index (χ1v) is 9.64. The predicted octanol–water partition coefficient (Wildman–Crippen LogP) is 3.01. The smallest absolute Gasteiger partial charge is 0.450 e. The largest absolute Gasteiger partial charge is 0.506 e. The van der Waals surface area contributed by atoms with Gasteiger partial charge < -0.3 is 10.0 Å². The summed E-state index contributed by atoms with van der Waals surface area (Å²) in [5, 5.41) is 10.2. The molecular formula is C18H16F3N3O4S. The molecule has 1 aromatic heterocycles. The summed E-state index contributed by atoms with van der Waals surface area (Å²) in [7, 11) is -1.92. The highest BCUT2D eigenvalue weighted by Crippen LogP contribution is 2.37. The molecule has 1 heterocycles. The van der Waals surface area contributed by atoms with Gasteiger partial charge >= 0.3 is 6.18 Å². The van der Waals surface area contributed by atoms with E-state index < -0.39 is 49.6 Å². The van der Waals surface area contributed by atoms with Gasteiger partial charge in [0.05, 0.1) is 10.4 Å². The predicted molar refractivity (Wildman–Crippen MR) is 98.2 cm³/mol. The fourth-order valence-electron chi connectivity index (χ4n) is 2.76. The zero-order valence-corrected chi connectivity index (χ0v) is 16.3. The molecule has 0 saturated carbocycles. The quantitative estimate of drug-likeness (QED) is 0.694. The summed E-state index contributed by atoms with van der Waals surface area (Å²) < 4.78 is 67.0. The normalized spacial score (nSPS) is 12.3. The van der Waals surface area contributed by atoms with Crippen molar-refractivity contribution in [3.63, 3.8) is 0 Å². The molecule has 0 spiro atoms. The number of phenolic OH excluding ortho intramolecular Hbond substituents is 1. The Balaban J connectivity index is 2.42. The molecule has 154 valence electrons. The van der Waals surface area contributed by atoms with Crippen LogP contribution in [0, 0.1) is 6.92 Å². The molecule has 2 aromatic carbocycles. The molecule has 0 aliphatic rings. The van der Waals surface area contributed by atoms with Gasteiger partial charge in [0.15, 0.2) is 0 Å². The van der Waals surface area contributed by atoms with Crippen LogP contribution in [0.15, 0.2) is 41.3 Å². The number of carbonyl (C=O) groups excluding carboxylic acids is 1. The van der Waals surface area contributed by atoms with E-state index in [1.165, 1.54) is 38.4 Å². The highest BCUT2D eigenvalue weighted by molar-refractivity contribution is 7.90. The third kappa shape index (κ3) is 3.53. The molecule has 0 saturated heterocycles. The highest BCUT2D eigenvalue weighted by Gasteiger charge is 2.42. The van der Waals surface area contributed by atoms with Crippen molar-refractivity contribution in [2.45, 2.75) is 18.0 Å². The second-order valence-corrected chi connectivity index (χ2v) is 8.37. The van der Waals surface area contributed by atoms with Crippen LogP contribution in [-0.2, 0) is 16.2 Å². The van der Waals surface area contributed by atoms with Crippen molar-refractivity contribution in [1.82, 2.24) is 13.9 Å². The van der Waals surface area contributed by atoms with Crippen LogP contribution in [0.25, 0.3) is 11.0 Å². The maximum Gasteiger partial charge on any atom is 0.450 e. The number of nitrogens with zero attached hydrogens (tertiary/aromatic N) is 3. The van der Waals surface area contributed by atoms with Crippen LogP contribution in [-0.4, -0.2) is 47.4 Å². The number of halogens is 3. The van der Waals surface area contributed by atoms with Gasteiger partial charge in [0.2, 0.25) is 5.82 Å². The highest BCUT2D eigenvalue weighted by atomic mass is 32.2. The molecule has 0 radical (unpaired) electrons. The minimum atomic E-state index is -5.13. The molecule has 3 aromatic rings. The van der Waals surface area contributed by atoms with E-state index >= 15 is 0 Å². The van der Waals surface area contributed by atoms with Crippen LogP contribution in [0.1, 0.15) is 21.7 Å². The van der Waals surface area contributed by atoms with E-state index in [4.69, 9.17) is 0 Å². The Labute approximate surface area is 164 Å². The number of fused-ring (bicyclic) bond motifs is 1. The molecule has 0 atom stereocenters. The van der Waals surface area contributed by atoms with Gasteiger partial charge in [-0.2, -0.15) is 13.2 Å². The number of aryl methyl sites for hydroxylation is 1. The SMILES string of the molecule is Cc1ccc(S(=O)(=O)n2c(C(F)(F)F)nc3c(O)cc(C(=O)N(C)C)cc32)cc1. The summed E-state index contributed by atoms with van der Waals surface area (Å²) in [5.41, 5.74) is -0.604. The molecular weight excluding hydrogens is 411 g/mol. The number of aromatic nitrogens is 2. The van der Waals surface area contributed by atoms with Gasteiger partial charge in [-0.25, -0.2) is 17.4 Å². The fourth-order valence-corrected chi connectivity index (χ4v) is 4.22. The number of benzene rings is 2. The lowest BCUT2D eigenvalue weighted by Crippen LogP contribution is -2.23. The Hall–Kier alpha value is -3.08. The van der Waals surface area contributed by atoms with Crippen molar-refractivity contribution in [3.05, 3.63) is 53.3 Å². The molecule has 3 rings (SSSR count). The first kappa shape index (κ1) is 20.6. The third-order valence-electron chi connectivity index (χ3n) is 4.16. The molecule has 1 amide bonds. The fraction of sp³-hybridized carbons (Fsp3) is 0.222. The molecule has 0 bridgehead atoms. The minimum absolute atomic E-state index is 0.0131. The first-order valence-electron chi connectivity index (χ1n) is 8.20. The van der Waals surface area contributed by atoms with Crippen molar-refractivity contribution in [1.29, 1.82) is 0 Å². The van der Waals surface area contributed by atoms with Gasteiger partial charge in [-0.3, -0.25) is 4.79 Å². The van der Waals surface area contributed by atoms with Crippen LogP contribution in [0.2, 0.25) is 0 Å². The van der Waals surface area contributed by atoms with Gasteiger partial charge in [-0.1, -0.05) is 17.7 Å². The Morgan fingerprint density at radius 3 is 2.24 bits per heavy atom. The number of aromatic hydroxyl groups is 1. The van der Waals surface area contributed by atoms with Crippen molar-refractivity contribution in [3.8, 4) is 5.75 Å². The zero-order valence-electron chi connectivity index (χ0n) is 15.5. The molecule has 0 unspecified atom stereocenters. The van der Waals surface area contributed by atoms with E-state index in [1.54, 1.807) is 6.92 Å². The number of phenols is 1. The van der Waals surface area contributed by atoms with Gasteiger partial charge in [-0.05, 0) is 31.2 Å². The summed E-state index contributed by atoms with van der Waals surface area (Å²) in [5.74, 6) is -3.09. The number of hydrogen-bond acceptors (Lipinski definition) is 5. The van der Waals surface area contributed by atoms with Gasteiger partial charge in [0.1, 0.15) is 11.3 Å². The summed E-state index contributed by atoms with van der Waals surface area (Å²) >= 11 is 0. The van der Waals surface area contributed by atoms with Crippen molar-refractivity contribution >= 4 is 27.0 Å². The Kier molecular flexibility index (Phi) is 4.81. The van der Waals surface area contributed by atoms with E-state index in [0.29, 0.717) is 5.56 Å². The Morgan fingerprint density at radius 2 is 1.72 bits per heavy atom. The second-order valence-electron chi connectivity index (χ2n) is 6.58. The molecule has 7 nitrogen and oxygen atoms in total. The van der Waals surface area contributed by atoms with Crippen LogP contribution in [0.3, 0.4) is 0 Å². The number of alkyl halides is 3. The topological polar surface area (TPSA) is 92.5 Å². The van der Waals surface area contributed by atoms with Crippen molar-refractivity contribution in [2.75, 3.05) is 14.1 Å². The summed E-state index contributed by atoms with van der Waals surface area (Å²) in [6.45, 7) is 1.70. The van der Waals surface area contributed by atoms with Gasteiger partial charge in [-0.15, -0.1) is 0 Å². The Morgan fingerprint density at radius 1 is 1.14 bits per heavy atom. The average Bonchev–Trinajstić information content (AvgIpc) is 3.02.